The van der Waals surface area contributed by atoms with Crippen LogP contribution in [0.5, 0.6) is 5.75 Å². The van der Waals surface area contributed by atoms with Gasteiger partial charge in [-0.05, 0) is 56.4 Å². The maximum atomic E-state index is 13.0. The van der Waals surface area contributed by atoms with Crippen molar-refractivity contribution in [3.8, 4) is 5.75 Å². The third-order valence-corrected chi connectivity index (χ3v) is 6.94. The van der Waals surface area contributed by atoms with Crippen LogP contribution in [0.1, 0.15) is 31.7 Å². The fourth-order valence-electron chi connectivity index (χ4n) is 4.76. The van der Waals surface area contributed by atoms with Gasteiger partial charge in [-0.1, -0.05) is 0 Å². The van der Waals surface area contributed by atoms with E-state index in [2.05, 4.69) is 29.2 Å². The maximum Gasteiger partial charge on any atom is 0.417 e. The summed E-state index contributed by atoms with van der Waals surface area (Å²) in [5.41, 5.74) is 6.44. The van der Waals surface area contributed by atoms with Crippen LogP contribution in [0.25, 0.3) is 5.52 Å². The van der Waals surface area contributed by atoms with Crippen LogP contribution in [0, 0.1) is 5.92 Å². The molecule has 4 rings (SSSR count). The lowest BCUT2D eigenvalue weighted by molar-refractivity contribution is -0.116. The zero-order valence-electron chi connectivity index (χ0n) is 22.3. The molecule has 3 heterocycles. The first-order chi connectivity index (χ1) is 19.4. The molecule has 41 heavy (non-hydrogen) atoms. The van der Waals surface area contributed by atoms with E-state index in [4.69, 9.17) is 15.2 Å². The van der Waals surface area contributed by atoms with E-state index < -0.39 is 30.7 Å². The number of hydrogen-bond acceptors (Lipinski definition) is 7. The Labute approximate surface area is 233 Å². The molecule has 222 valence electrons. The number of carbonyl (C=O) groups is 1. The number of ether oxygens (including phenoxy) is 2. The number of nitrogens with one attached hydrogen (secondary N) is 1. The number of hydrazone groups is 1. The molecule has 3 N–H and O–H groups in total. The van der Waals surface area contributed by atoms with E-state index in [0.717, 1.165) is 53.7 Å². The first-order valence-corrected chi connectivity index (χ1v) is 12.9. The third kappa shape index (κ3) is 7.70. The fourth-order valence-corrected chi connectivity index (χ4v) is 4.76. The van der Waals surface area contributed by atoms with Crippen molar-refractivity contribution in [3.63, 3.8) is 0 Å². The highest BCUT2D eigenvalue weighted by Crippen LogP contribution is 2.35. The zero-order chi connectivity index (χ0) is 29.7. The van der Waals surface area contributed by atoms with Crippen LogP contribution in [-0.2, 0) is 16.1 Å². The van der Waals surface area contributed by atoms with Crippen LogP contribution in [0.3, 0.4) is 0 Å². The molecule has 1 amide bonds. The predicted molar refractivity (Wildman–Crippen MR) is 141 cm³/mol. The Morgan fingerprint density at radius 1 is 1.29 bits per heavy atom. The van der Waals surface area contributed by atoms with Crippen LogP contribution in [0.2, 0.25) is 0 Å². The molecule has 2 aromatic heterocycles. The minimum atomic E-state index is -4.58. The number of nitrogens with two attached hydrogens (primary N) is 1. The molecule has 1 aliphatic carbocycles. The Morgan fingerprint density at radius 3 is 2.71 bits per heavy atom. The van der Waals surface area contributed by atoms with Crippen molar-refractivity contribution >= 4 is 18.1 Å². The van der Waals surface area contributed by atoms with E-state index in [0.29, 0.717) is 18.2 Å². The fraction of sp³-hybridized carbons (Fsp3) is 0.444. The molecule has 0 unspecified atom stereocenters. The molecule has 0 spiro atoms. The van der Waals surface area contributed by atoms with Crippen molar-refractivity contribution < 1.29 is 36.2 Å². The normalized spacial score (nSPS) is 21.0. The molecule has 1 fully saturated rings. The van der Waals surface area contributed by atoms with Crippen molar-refractivity contribution in [1.29, 1.82) is 0 Å². The van der Waals surface area contributed by atoms with Crippen molar-refractivity contribution in [2.24, 2.45) is 16.8 Å². The zero-order valence-corrected chi connectivity index (χ0v) is 22.3. The van der Waals surface area contributed by atoms with Gasteiger partial charge in [0.25, 0.3) is 6.43 Å². The van der Waals surface area contributed by atoms with Gasteiger partial charge in [0, 0.05) is 31.1 Å². The number of pyridine rings is 1. The lowest BCUT2D eigenvalue weighted by Crippen LogP contribution is -2.37. The standard InChI is InChI=1S/C27H31F5N6O3/c1-16(35-10-18-11-36-38-13-20(4-6-23(18)38)41-15-25(28)29)7-17-8-21(9-17)40-14-22(26(33)39)24-5-3-19(27(30,31)32)12-37(24)34-2/h3-6,11-13,16-17,21,25,35H,2,7-10,14-15H2,1H3,(H2,33,39)/b24-22+/t16-,17?,21?/m0/s1. The summed E-state index contributed by atoms with van der Waals surface area (Å²) in [6.45, 7) is 5.07. The van der Waals surface area contributed by atoms with Crippen LogP contribution in [0.4, 0.5) is 22.0 Å². The molecule has 2 aliphatic rings. The van der Waals surface area contributed by atoms with Gasteiger partial charge in [-0.3, -0.25) is 4.79 Å². The van der Waals surface area contributed by atoms with Gasteiger partial charge in [-0.15, -0.1) is 0 Å². The van der Waals surface area contributed by atoms with Gasteiger partial charge in [-0.2, -0.15) is 23.4 Å². The molecule has 0 aromatic carbocycles. The number of fused-ring (bicyclic) bond motifs is 1. The number of alkyl halides is 5. The molecule has 0 saturated heterocycles. The first kappa shape index (κ1) is 30.2. The lowest BCUT2D eigenvalue weighted by atomic mass is 9.78. The highest BCUT2D eigenvalue weighted by Gasteiger charge is 2.35. The number of nitrogens with zero attached hydrogens (tertiary/aromatic N) is 4. The van der Waals surface area contributed by atoms with Crippen molar-refractivity contribution in [3.05, 3.63) is 65.3 Å². The second-order valence-electron chi connectivity index (χ2n) is 9.98. The quantitative estimate of drug-likeness (QED) is 0.207. The van der Waals surface area contributed by atoms with Crippen LogP contribution in [-0.4, -0.2) is 65.2 Å². The van der Waals surface area contributed by atoms with Gasteiger partial charge in [0.15, 0.2) is 0 Å². The number of rotatable bonds is 13. The molecule has 1 aliphatic heterocycles. The Morgan fingerprint density at radius 2 is 2.05 bits per heavy atom. The Hall–Kier alpha value is -3.78. The Kier molecular flexibility index (Phi) is 9.43. The highest BCUT2D eigenvalue weighted by molar-refractivity contribution is 5.93. The van der Waals surface area contributed by atoms with E-state index in [-0.39, 0.29) is 30.0 Å². The average Bonchev–Trinajstić information content (AvgIpc) is 3.30. The monoisotopic (exact) mass is 582 g/mol. The number of halogens is 5. The molecule has 0 bridgehead atoms. The summed E-state index contributed by atoms with van der Waals surface area (Å²) in [6, 6.07) is 3.59. The molecule has 9 nitrogen and oxygen atoms in total. The van der Waals surface area contributed by atoms with Crippen LogP contribution < -0.4 is 15.8 Å². The largest absolute Gasteiger partial charge is 0.486 e. The van der Waals surface area contributed by atoms with Gasteiger partial charge in [-0.25, -0.2) is 18.3 Å². The maximum absolute atomic E-state index is 13.0. The van der Waals surface area contributed by atoms with Gasteiger partial charge in [0.05, 0.1) is 47.5 Å². The molecule has 1 atom stereocenters. The summed E-state index contributed by atoms with van der Waals surface area (Å²) >= 11 is 0. The van der Waals surface area contributed by atoms with Crippen LogP contribution in [0.15, 0.2) is 64.8 Å². The summed E-state index contributed by atoms with van der Waals surface area (Å²) < 4.78 is 76.3. The van der Waals surface area contributed by atoms with E-state index in [1.807, 2.05) is 0 Å². The highest BCUT2D eigenvalue weighted by atomic mass is 19.4. The van der Waals surface area contributed by atoms with Gasteiger partial charge < -0.3 is 20.5 Å². The molecule has 2 aromatic rings. The Bertz CT molecular complexity index is 1350. The number of hydrogen-bond donors (Lipinski definition) is 2. The number of allylic oxidation sites excluding steroid dienone is 3. The number of carbonyl (C=O) groups excluding carboxylic acids is 1. The van der Waals surface area contributed by atoms with Crippen molar-refractivity contribution in [1.82, 2.24) is 19.9 Å². The topological polar surface area (TPSA) is 106 Å². The summed E-state index contributed by atoms with van der Waals surface area (Å²) in [7, 11) is 0. The molecule has 14 heteroatoms. The Balaban J connectivity index is 1.23. The van der Waals surface area contributed by atoms with E-state index >= 15 is 0 Å². The second kappa shape index (κ2) is 12.8. The third-order valence-electron chi connectivity index (χ3n) is 6.94. The smallest absolute Gasteiger partial charge is 0.417 e. The van der Waals surface area contributed by atoms with Crippen LogP contribution >= 0.6 is 0 Å². The minimum Gasteiger partial charge on any atom is -0.486 e. The predicted octanol–water partition coefficient (Wildman–Crippen LogP) is 4.31. The van der Waals surface area contributed by atoms with Gasteiger partial charge in [0.1, 0.15) is 12.4 Å². The molecule has 1 saturated carbocycles. The number of aromatic nitrogens is 2. The number of amides is 1. The summed E-state index contributed by atoms with van der Waals surface area (Å²) in [5, 5.41) is 12.2. The van der Waals surface area contributed by atoms with Crippen molar-refractivity contribution in [2.75, 3.05) is 13.2 Å². The minimum absolute atomic E-state index is 0.00529. The van der Waals surface area contributed by atoms with Gasteiger partial charge >= 0.3 is 6.18 Å². The van der Waals surface area contributed by atoms with Crippen molar-refractivity contribution in [2.45, 2.75) is 57.5 Å². The van der Waals surface area contributed by atoms with Gasteiger partial charge in [0.2, 0.25) is 5.91 Å². The SMILES string of the molecule is C=NN1C=C(C(F)(F)F)C=C/C1=C(/COC1CC(C[C@H](C)NCc2cnn3cc(OCC(F)F)ccc23)C1)C(N)=O. The molecule has 0 radical (unpaired) electrons. The molecular formula is C27H31F5N6O3. The molecular weight excluding hydrogens is 551 g/mol. The summed E-state index contributed by atoms with van der Waals surface area (Å²) in [4.78, 5) is 12.1. The number of primary amides is 1. The summed E-state index contributed by atoms with van der Waals surface area (Å²) in [5.74, 6) is -0.115. The van der Waals surface area contributed by atoms with E-state index in [1.165, 1.54) is 0 Å². The average molecular weight is 583 g/mol. The first-order valence-electron chi connectivity index (χ1n) is 12.9. The summed E-state index contributed by atoms with van der Waals surface area (Å²) in [6.07, 6.45) is 1.18. The second-order valence-corrected chi connectivity index (χ2v) is 9.98. The van der Waals surface area contributed by atoms with E-state index in [9.17, 15) is 26.7 Å². The van der Waals surface area contributed by atoms with E-state index in [1.54, 1.807) is 29.0 Å². The lowest BCUT2D eigenvalue weighted by Gasteiger charge is -2.37.